The molecule has 0 radical (unpaired) electrons. The topological polar surface area (TPSA) is 88.0 Å². The van der Waals surface area contributed by atoms with Crippen molar-refractivity contribution in [1.29, 1.82) is 0 Å². The molecule has 2 aromatic rings. The number of carbonyl (C=O) groups is 1. The predicted octanol–water partition coefficient (Wildman–Crippen LogP) is 2.08. The Bertz CT molecular complexity index is 963. The summed E-state index contributed by atoms with van der Waals surface area (Å²) >= 11 is 0. The van der Waals surface area contributed by atoms with Crippen molar-refractivity contribution in [3.63, 3.8) is 0 Å². The first-order valence-electron chi connectivity index (χ1n) is 11.4. The average molecular weight is 439 g/mol. The number of hydrogen-bond acceptors (Lipinski definition) is 7. The fourth-order valence-electron chi connectivity index (χ4n) is 5.48. The number of carbonyl (C=O) groups excluding carboxylic acids is 1. The van der Waals surface area contributed by atoms with Crippen LogP contribution in [0.4, 0.5) is 5.95 Å². The van der Waals surface area contributed by atoms with E-state index in [9.17, 15) is 9.90 Å². The van der Waals surface area contributed by atoms with Crippen LogP contribution in [0.2, 0.25) is 0 Å². The molecule has 3 atom stereocenters. The van der Waals surface area contributed by atoms with Crippen molar-refractivity contribution in [3.05, 3.63) is 47.8 Å². The Morgan fingerprint density at radius 1 is 1.22 bits per heavy atom. The van der Waals surface area contributed by atoms with Crippen LogP contribution in [0.1, 0.15) is 35.2 Å². The first kappa shape index (κ1) is 21.2. The highest BCUT2D eigenvalue weighted by atomic mass is 16.5. The number of aliphatic hydroxyl groups is 1. The molecule has 1 aromatic heterocycles. The minimum atomic E-state index is -0.955. The molecule has 8 nitrogen and oxygen atoms in total. The number of rotatable bonds is 4. The predicted molar refractivity (Wildman–Crippen MR) is 119 cm³/mol. The van der Waals surface area contributed by atoms with E-state index in [-0.39, 0.29) is 17.7 Å². The molecular formula is C24H30N4O4. The summed E-state index contributed by atoms with van der Waals surface area (Å²) in [6.07, 6.45) is 5.90. The summed E-state index contributed by atoms with van der Waals surface area (Å²) in [7, 11) is 1.63. The molecule has 170 valence electrons. The molecule has 2 aliphatic heterocycles. The van der Waals surface area contributed by atoms with Crippen molar-refractivity contribution in [2.45, 2.75) is 24.9 Å². The normalized spacial score (nSPS) is 27.8. The van der Waals surface area contributed by atoms with Gasteiger partial charge >= 0.3 is 0 Å². The maximum atomic E-state index is 13.2. The van der Waals surface area contributed by atoms with Gasteiger partial charge in [0.15, 0.2) is 0 Å². The van der Waals surface area contributed by atoms with E-state index in [2.05, 4.69) is 14.9 Å². The van der Waals surface area contributed by atoms with Gasteiger partial charge in [0.1, 0.15) is 5.75 Å². The lowest BCUT2D eigenvalue weighted by Gasteiger charge is -2.41. The zero-order chi connectivity index (χ0) is 22.1. The van der Waals surface area contributed by atoms with Gasteiger partial charge in [0.2, 0.25) is 5.95 Å². The van der Waals surface area contributed by atoms with Crippen LogP contribution in [0.3, 0.4) is 0 Å². The molecule has 32 heavy (non-hydrogen) atoms. The van der Waals surface area contributed by atoms with Gasteiger partial charge in [-0.25, -0.2) is 9.97 Å². The molecule has 2 saturated heterocycles. The fourth-order valence-corrected chi connectivity index (χ4v) is 5.48. The summed E-state index contributed by atoms with van der Waals surface area (Å²) in [5.74, 6) is 1.58. The minimum Gasteiger partial charge on any atom is -0.497 e. The number of anilines is 1. The zero-order valence-electron chi connectivity index (χ0n) is 18.4. The van der Waals surface area contributed by atoms with E-state index in [1.54, 1.807) is 19.5 Å². The van der Waals surface area contributed by atoms with Crippen LogP contribution in [0, 0.1) is 11.8 Å². The molecular weight excluding hydrogens is 408 g/mol. The molecule has 0 spiro atoms. The van der Waals surface area contributed by atoms with E-state index in [4.69, 9.17) is 9.47 Å². The Morgan fingerprint density at radius 2 is 2.00 bits per heavy atom. The van der Waals surface area contributed by atoms with Crippen molar-refractivity contribution in [1.82, 2.24) is 14.9 Å². The zero-order valence-corrected chi connectivity index (χ0v) is 18.4. The van der Waals surface area contributed by atoms with Gasteiger partial charge in [-0.3, -0.25) is 4.79 Å². The number of fused-ring (bicyclic) bond motifs is 1. The Balaban J connectivity index is 1.32. The van der Waals surface area contributed by atoms with Gasteiger partial charge in [-0.1, -0.05) is 12.1 Å². The quantitative estimate of drug-likeness (QED) is 0.782. The molecule has 0 bridgehead atoms. The first-order chi connectivity index (χ1) is 15.6. The second kappa shape index (κ2) is 8.67. The van der Waals surface area contributed by atoms with E-state index >= 15 is 0 Å². The third kappa shape index (κ3) is 3.82. The number of likely N-dealkylation sites (tertiary alicyclic amines) is 1. The van der Waals surface area contributed by atoms with Crippen LogP contribution in [0.15, 0.2) is 36.7 Å². The number of nitrogens with zero attached hydrogens (tertiary/aromatic N) is 4. The second-order valence-corrected chi connectivity index (χ2v) is 9.00. The number of morpholine rings is 1. The lowest BCUT2D eigenvalue weighted by Crippen LogP contribution is -2.43. The number of ether oxygens (including phenoxy) is 2. The van der Waals surface area contributed by atoms with Crippen molar-refractivity contribution in [3.8, 4) is 5.75 Å². The number of amides is 1. The van der Waals surface area contributed by atoms with E-state index in [0.29, 0.717) is 44.2 Å². The molecule has 3 heterocycles. The molecule has 3 aliphatic rings. The number of methoxy groups -OCH3 is 1. The third-order valence-corrected chi connectivity index (χ3v) is 7.22. The molecule has 1 amide bonds. The van der Waals surface area contributed by atoms with Gasteiger partial charge in [0.25, 0.3) is 5.91 Å². The molecule has 1 N–H and O–H groups in total. The van der Waals surface area contributed by atoms with Crippen molar-refractivity contribution < 1.29 is 19.4 Å². The number of benzene rings is 1. The van der Waals surface area contributed by atoms with Gasteiger partial charge in [-0.2, -0.15) is 0 Å². The van der Waals surface area contributed by atoms with Gasteiger partial charge in [-0.15, -0.1) is 0 Å². The molecule has 5 rings (SSSR count). The highest BCUT2D eigenvalue weighted by molar-refractivity contribution is 5.94. The lowest BCUT2D eigenvalue weighted by molar-refractivity contribution is -0.0645. The van der Waals surface area contributed by atoms with Crippen LogP contribution in [0.25, 0.3) is 0 Å². The SMILES string of the molecule is COc1cccc([C@]2(O)CCC[C@@H]3CN(C(=O)c4cnc(N5CCOCC5)nc4)C[C@@H]32)c1. The van der Waals surface area contributed by atoms with Crippen LogP contribution in [-0.2, 0) is 10.3 Å². The van der Waals surface area contributed by atoms with E-state index in [1.165, 1.54) is 0 Å². The van der Waals surface area contributed by atoms with Gasteiger partial charge in [0, 0.05) is 44.5 Å². The third-order valence-electron chi connectivity index (χ3n) is 7.22. The number of aromatic nitrogens is 2. The second-order valence-electron chi connectivity index (χ2n) is 9.00. The standard InChI is InChI=1S/C24H30N4O4/c1-31-20-6-2-5-19(12-20)24(30)7-3-4-17-15-28(16-21(17)24)22(29)18-13-25-23(26-14-18)27-8-10-32-11-9-27/h2,5-6,12-14,17,21,30H,3-4,7-11,15-16H2,1H3/t17-,21+,24-/m1/s1. The van der Waals surface area contributed by atoms with Gasteiger partial charge in [-0.05, 0) is 42.9 Å². The summed E-state index contributed by atoms with van der Waals surface area (Å²) < 4.78 is 10.7. The smallest absolute Gasteiger partial charge is 0.257 e. The Morgan fingerprint density at radius 3 is 2.75 bits per heavy atom. The highest BCUT2D eigenvalue weighted by Crippen LogP contribution is 2.48. The molecule has 1 saturated carbocycles. The number of hydrogen-bond donors (Lipinski definition) is 1. The monoisotopic (exact) mass is 438 g/mol. The molecule has 1 aromatic carbocycles. The van der Waals surface area contributed by atoms with Gasteiger partial charge in [0.05, 0.1) is 31.5 Å². The summed E-state index contributed by atoms with van der Waals surface area (Å²) in [5.41, 5.74) is 0.410. The van der Waals surface area contributed by atoms with Crippen LogP contribution >= 0.6 is 0 Å². The van der Waals surface area contributed by atoms with Crippen LogP contribution < -0.4 is 9.64 Å². The summed E-state index contributed by atoms with van der Waals surface area (Å²) in [4.78, 5) is 26.0. The fraction of sp³-hybridized carbons (Fsp3) is 0.542. The summed E-state index contributed by atoms with van der Waals surface area (Å²) in [5, 5.41) is 11.7. The average Bonchev–Trinajstić information content (AvgIpc) is 3.30. The van der Waals surface area contributed by atoms with Crippen molar-refractivity contribution in [2.24, 2.45) is 11.8 Å². The minimum absolute atomic E-state index is 0.000785. The largest absolute Gasteiger partial charge is 0.497 e. The highest BCUT2D eigenvalue weighted by Gasteiger charge is 2.50. The van der Waals surface area contributed by atoms with E-state index in [0.717, 1.165) is 37.2 Å². The summed E-state index contributed by atoms with van der Waals surface area (Å²) in [6.45, 7) is 4.02. The Labute approximate surface area is 188 Å². The van der Waals surface area contributed by atoms with Crippen molar-refractivity contribution in [2.75, 3.05) is 51.4 Å². The first-order valence-corrected chi connectivity index (χ1v) is 11.4. The Kier molecular flexibility index (Phi) is 5.73. The summed E-state index contributed by atoms with van der Waals surface area (Å²) in [6, 6.07) is 7.69. The van der Waals surface area contributed by atoms with Crippen molar-refractivity contribution >= 4 is 11.9 Å². The Hall–Kier alpha value is -2.71. The van der Waals surface area contributed by atoms with E-state index < -0.39 is 5.60 Å². The molecule has 1 aliphatic carbocycles. The van der Waals surface area contributed by atoms with E-state index in [1.807, 2.05) is 29.2 Å². The molecule has 0 unspecified atom stereocenters. The van der Waals surface area contributed by atoms with Gasteiger partial charge < -0.3 is 24.4 Å². The molecule has 3 fully saturated rings. The maximum Gasteiger partial charge on any atom is 0.257 e. The van der Waals surface area contributed by atoms with Crippen LogP contribution in [0.5, 0.6) is 5.75 Å². The maximum absolute atomic E-state index is 13.2. The molecule has 8 heteroatoms. The lowest BCUT2D eigenvalue weighted by atomic mass is 9.67. The van der Waals surface area contributed by atoms with Crippen LogP contribution in [-0.4, -0.2) is 72.4 Å².